The Morgan fingerprint density at radius 2 is 1.70 bits per heavy atom. The molecule has 0 bridgehead atoms. The van der Waals surface area contributed by atoms with Crippen molar-refractivity contribution in [2.45, 2.75) is 45.1 Å². The van der Waals surface area contributed by atoms with Gasteiger partial charge in [0, 0.05) is 75.6 Å². The molecule has 0 saturated carbocycles. The highest BCUT2D eigenvalue weighted by atomic mass is 16.5. The van der Waals surface area contributed by atoms with Crippen molar-refractivity contribution in [3.8, 4) is 28.8 Å². The maximum absolute atomic E-state index is 13.8. The van der Waals surface area contributed by atoms with Crippen molar-refractivity contribution in [3.63, 3.8) is 0 Å². The Morgan fingerprint density at radius 3 is 2.38 bits per heavy atom. The summed E-state index contributed by atoms with van der Waals surface area (Å²) >= 11 is 0. The predicted molar refractivity (Wildman–Crippen MR) is 180 cm³/mol. The van der Waals surface area contributed by atoms with Crippen molar-refractivity contribution >= 4 is 23.1 Å². The van der Waals surface area contributed by atoms with Crippen LogP contribution in [0.15, 0.2) is 78.6 Å². The van der Waals surface area contributed by atoms with Gasteiger partial charge in [0.05, 0.1) is 0 Å². The molecule has 2 fully saturated rings. The second kappa shape index (κ2) is 13.3. The largest absolute Gasteiger partial charge is 0.457 e. The quantitative estimate of drug-likeness (QED) is 0.225. The number of carbonyl (C=O) groups is 2. The van der Waals surface area contributed by atoms with E-state index in [1.54, 1.807) is 24.1 Å². The second-order valence-corrected chi connectivity index (χ2v) is 12.7. The molecule has 4 heterocycles. The highest BCUT2D eigenvalue weighted by Gasteiger charge is 2.34. The van der Waals surface area contributed by atoms with Crippen molar-refractivity contribution in [2.75, 3.05) is 45.0 Å². The molecular formula is C36H40N8O3. The van der Waals surface area contributed by atoms with Crippen LogP contribution < -0.4 is 10.5 Å². The van der Waals surface area contributed by atoms with E-state index in [1.165, 1.54) is 0 Å². The van der Waals surface area contributed by atoms with E-state index in [-0.39, 0.29) is 23.3 Å². The third-order valence-electron chi connectivity index (χ3n) is 9.18. The number of carbonyl (C=O) groups excluding carboxylic acids is 2. The number of fused-ring (bicyclic) bond motifs is 1. The molecule has 2 aromatic heterocycles. The first-order chi connectivity index (χ1) is 22.6. The molecule has 1 atom stereocenters. The van der Waals surface area contributed by atoms with Crippen LogP contribution in [0.2, 0.25) is 0 Å². The molecule has 0 radical (unpaired) electrons. The molecule has 242 valence electrons. The number of piperazine rings is 1. The lowest BCUT2D eigenvalue weighted by Gasteiger charge is -2.42. The van der Waals surface area contributed by atoms with Gasteiger partial charge in [-0.05, 0) is 69.2 Å². The highest BCUT2D eigenvalue weighted by molar-refractivity contribution is 5.97. The monoisotopic (exact) mass is 632 g/mol. The van der Waals surface area contributed by atoms with Gasteiger partial charge >= 0.3 is 0 Å². The number of amides is 2. The van der Waals surface area contributed by atoms with Crippen LogP contribution in [0.25, 0.3) is 16.8 Å². The summed E-state index contributed by atoms with van der Waals surface area (Å²) in [5, 5.41) is 10.1. The Labute approximate surface area is 274 Å². The molecule has 2 aliphatic heterocycles. The zero-order chi connectivity index (χ0) is 33.1. The number of nitrogens with zero attached hydrogens (tertiary/aromatic N) is 7. The van der Waals surface area contributed by atoms with E-state index in [9.17, 15) is 14.9 Å². The fourth-order valence-electron chi connectivity index (χ4n) is 6.61. The number of hydrogen-bond acceptors (Lipinski definition) is 8. The maximum atomic E-state index is 13.8. The summed E-state index contributed by atoms with van der Waals surface area (Å²) in [6, 6.07) is 19.5. The summed E-state index contributed by atoms with van der Waals surface area (Å²) in [5.74, 6) is 2.36. The normalized spacial score (nSPS) is 17.8. The third kappa shape index (κ3) is 6.69. The molecule has 47 heavy (non-hydrogen) atoms. The van der Waals surface area contributed by atoms with E-state index >= 15 is 0 Å². The molecule has 0 aliphatic carbocycles. The van der Waals surface area contributed by atoms with Crippen LogP contribution in [0.4, 0.5) is 5.82 Å². The van der Waals surface area contributed by atoms with E-state index in [2.05, 4.69) is 16.0 Å². The number of nitriles is 1. The first-order valence-corrected chi connectivity index (χ1v) is 16.0. The zero-order valence-corrected chi connectivity index (χ0v) is 27.1. The van der Waals surface area contributed by atoms with E-state index in [0.717, 1.165) is 30.0 Å². The fraction of sp³-hybridized carbons (Fsp3) is 0.361. The third-order valence-corrected chi connectivity index (χ3v) is 9.18. The average molecular weight is 633 g/mol. The highest BCUT2D eigenvalue weighted by Crippen LogP contribution is 2.35. The molecule has 2 saturated heterocycles. The van der Waals surface area contributed by atoms with Gasteiger partial charge in [-0.1, -0.05) is 18.2 Å². The van der Waals surface area contributed by atoms with Gasteiger partial charge in [-0.3, -0.25) is 18.9 Å². The smallest absolute Gasteiger partial charge is 0.264 e. The molecule has 2 N–H and O–H groups in total. The number of ether oxygens (including phenoxy) is 1. The SMILES string of the molecule is CC(=O)N1CCN(C(C)(C)C=C(C#N)C(=O)N2CCC[C@@H](c3nc(-c4ccc(Oc5ccccc5)cc4)c4c(N)nccn34)C2)CC1. The molecule has 4 aromatic rings. The average Bonchev–Trinajstić information content (AvgIpc) is 3.49. The van der Waals surface area contributed by atoms with Gasteiger partial charge in [0.1, 0.15) is 46.0 Å². The van der Waals surface area contributed by atoms with Crippen LogP contribution in [0.1, 0.15) is 45.4 Å². The number of imidazole rings is 1. The van der Waals surface area contributed by atoms with Crippen LogP contribution in [0.3, 0.4) is 0 Å². The summed E-state index contributed by atoms with van der Waals surface area (Å²) in [5.41, 5.74) is 8.32. The molecular weight excluding hydrogens is 592 g/mol. The number of aromatic nitrogens is 3. The summed E-state index contributed by atoms with van der Waals surface area (Å²) < 4.78 is 7.96. The first kappa shape index (κ1) is 31.8. The van der Waals surface area contributed by atoms with Gasteiger partial charge in [0.15, 0.2) is 0 Å². The standard InChI is InChI=1S/C36H40N8O3/c1-25(45)41-18-20-43(21-19-41)36(2,3)22-28(23-37)35(46)42-16-7-8-27(24-42)34-40-31(32-33(38)39-15-17-44(32)34)26-11-13-30(14-12-26)47-29-9-5-4-6-10-29/h4-6,9-15,17,22,27H,7-8,16,18-21,24H2,1-3H3,(H2,38,39)/t27-/m1/s1. The minimum atomic E-state index is -0.529. The number of likely N-dealkylation sites (tertiary alicyclic amines) is 1. The van der Waals surface area contributed by atoms with Crippen LogP contribution in [0.5, 0.6) is 11.5 Å². The molecule has 11 heteroatoms. The Kier molecular flexibility index (Phi) is 8.96. The van der Waals surface area contributed by atoms with Gasteiger partial charge < -0.3 is 20.3 Å². The van der Waals surface area contributed by atoms with Crippen molar-refractivity contribution in [2.24, 2.45) is 0 Å². The molecule has 11 nitrogen and oxygen atoms in total. The van der Waals surface area contributed by atoms with Crippen LogP contribution in [-0.2, 0) is 9.59 Å². The number of nitrogens with two attached hydrogens (primary N) is 1. The summed E-state index contributed by atoms with van der Waals surface area (Å²) in [6.45, 7) is 9.21. The summed E-state index contributed by atoms with van der Waals surface area (Å²) in [7, 11) is 0. The van der Waals surface area contributed by atoms with E-state index < -0.39 is 5.54 Å². The number of hydrogen-bond donors (Lipinski definition) is 1. The van der Waals surface area contributed by atoms with Gasteiger partial charge in [-0.15, -0.1) is 0 Å². The molecule has 2 aromatic carbocycles. The lowest BCUT2D eigenvalue weighted by Crippen LogP contribution is -2.55. The van der Waals surface area contributed by atoms with Crippen LogP contribution in [0, 0.1) is 11.3 Å². The molecule has 0 spiro atoms. The topological polar surface area (TPSA) is 133 Å². The van der Waals surface area contributed by atoms with Crippen LogP contribution in [-0.4, -0.2) is 85.7 Å². The fourth-order valence-corrected chi connectivity index (χ4v) is 6.61. The summed E-state index contributed by atoms with van der Waals surface area (Å²) in [6.07, 6.45) is 6.92. The van der Waals surface area contributed by atoms with Crippen molar-refractivity contribution in [3.05, 3.63) is 84.5 Å². The van der Waals surface area contributed by atoms with E-state index in [4.69, 9.17) is 15.5 Å². The Morgan fingerprint density at radius 1 is 1.00 bits per heavy atom. The van der Waals surface area contributed by atoms with Crippen molar-refractivity contribution < 1.29 is 14.3 Å². The van der Waals surface area contributed by atoms with Gasteiger partial charge in [0.2, 0.25) is 5.91 Å². The Bertz CT molecular complexity index is 1830. The first-order valence-electron chi connectivity index (χ1n) is 16.0. The van der Waals surface area contributed by atoms with Crippen LogP contribution >= 0.6 is 0 Å². The van der Waals surface area contributed by atoms with Gasteiger partial charge in [0.25, 0.3) is 5.91 Å². The minimum Gasteiger partial charge on any atom is -0.457 e. The lowest BCUT2D eigenvalue weighted by atomic mass is 9.94. The Balaban J connectivity index is 1.23. The number of para-hydroxylation sites is 1. The summed E-state index contributed by atoms with van der Waals surface area (Å²) in [4.78, 5) is 40.9. The lowest BCUT2D eigenvalue weighted by molar-refractivity contribution is -0.131. The van der Waals surface area contributed by atoms with E-state index in [0.29, 0.717) is 62.0 Å². The number of anilines is 1. The number of piperidine rings is 1. The Hall–Kier alpha value is -5.21. The van der Waals surface area contributed by atoms with Crippen molar-refractivity contribution in [1.82, 2.24) is 29.1 Å². The van der Waals surface area contributed by atoms with Crippen molar-refractivity contribution in [1.29, 1.82) is 5.26 Å². The van der Waals surface area contributed by atoms with Gasteiger partial charge in [-0.2, -0.15) is 5.26 Å². The second-order valence-electron chi connectivity index (χ2n) is 12.7. The maximum Gasteiger partial charge on any atom is 0.264 e. The van der Waals surface area contributed by atoms with Gasteiger partial charge in [-0.25, -0.2) is 9.97 Å². The minimum absolute atomic E-state index is 0.0632. The molecule has 6 rings (SSSR count). The predicted octanol–water partition coefficient (Wildman–Crippen LogP) is 4.87. The number of rotatable bonds is 7. The molecule has 2 amide bonds. The zero-order valence-electron chi connectivity index (χ0n) is 27.1. The number of nitrogen functional groups attached to an aromatic ring is 1. The molecule has 2 aliphatic rings. The number of benzene rings is 2. The van der Waals surface area contributed by atoms with E-state index in [1.807, 2.05) is 83.9 Å². The molecule has 0 unspecified atom stereocenters.